The van der Waals surface area contributed by atoms with Gasteiger partial charge in [-0.3, -0.25) is 4.79 Å². The molecule has 1 aliphatic heterocycles. The number of halogens is 2. The summed E-state index contributed by atoms with van der Waals surface area (Å²) in [6, 6.07) is 11.8. The van der Waals surface area contributed by atoms with Gasteiger partial charge in [0.25, 0.3) is 5.91 Å². The number of carbonyl (C=O) groups excluding carboxylic acids is 1. The van der Waals surface area contributed by atoms with Crippen LogP contribution < -0.4 is 10.2 Å². The molecule has 4 nitrogen and oxygen atoms in total. The number of hydrogen-bond acceptors (Lipinski definition) is 3. The van der Waals surface area contributed by atoms with Crippen LogP contribution in [-0.2, 0) is 0 Å². The van der Waals surface area contributed by atoms with Crippen molar-refractivity contribution in [2.45, 2.75) is 0 Å². The zero-order chi connectivity index (χ0) is 17.1. The van der Waals surface area contributed by atoms with Gasteiger partial charge in [0.15, 0.2) is 0 Å². The number of anilines is 2. The number of hydrogen-bond donors (Lipinski definition) is 1. The molecule has 1 amide bonds. The fraction of sp³-hybridized carbons (Fsp3) is 0.278. The van der Waals surface area contributed by atoms with Gasteiger partial charge in [0.05, 0.1) is 5.56 Å². The van der Waals surface area contributed by atoms with E-state index in [1.807, 2.05) is 24.3 Å². The number of likely N-dealkylation sites (N-methyl/N-ethyl adjacent to an activating group) is 1. The van der Waals surface area contributed by atoms with Crippen LogP contribution in [0.3, 0.4) is 0 Å². The lowest BCUT2D eigenvalue weighted by atomic mass is 10.2. The van der Waals surface area contributed by atoms with Gasteiger partial charge in [-0.1, -0.05) is 0 Å². The lowest BCUT2D eigenvalue weighted by molar-refractivity contribution is 0.102. The number of nitrogens with zero attached hydrogens (tertiary/aromatic N) is 2. The van der Waals surface area contributed by atoms with Crippen LogP contribution >= 0.6 is 15.9 Å². The van der Waals surface area contributed by atoms with Crippen LogP contribution in [0.4, 0.5) is 15.8 Å². The van der Waals surface area contributed by atoms with E-state index >= 15 is 0 Å². The predicted octanol–water partition coefficient (Wildman–Crippen LogP) is 3.59. The molecule has 3 rings (SSSR count). The molecule has 6 heteroatoms. The summed E-state index contributed by atoms with van der Waals surface area (Å²) in [7, 11) is 2.13. The summed E-state index contributed by atoms with van der Waals surface area (Å²) in [6.45, 7) is 4.09. The van der Waals surface area contributed by atoms with Crippen LogP contribution in [0.15, 0.2) is 46.9 Å². The van der Waals surface area contributed by atoms with E-state index in [4.69, 9.17) is 0 Å². The van der Waals surface area contributed by atoms with Gasteiger partial charge in [-0.25, -0.2) is 4.39 Å². The van der Waals surface area contributed by atoms with E-state index in [0.29, 0.717) is 10.2 Å². The highest BCUT2D eigenvalue weighted by molar-refractivity contribution is 9.10. The van der Waals surface area contributed by atoms with Crippen LogP contribution in [-0.4, -0.2) is 44.0 Å². The Morgan fingerprint density at radius 3 is 2.42 bits per heavy atom. The highest BCUT2D eigenvalue weighted by Gasteiger charge is 2.15. The van der Waals surface area contributed by atoms with Crippen molar-refractivity contribution in [3.63, 3.8) is 0 Å². The van der Waals surface area contributed by atoms with Crippen molar-refractivity contribution in [3.8, 4) is 0 Å². The van der Waals surface area contributed by atoms with Gasteiger partial charge in [-0.05, 0) is 65.4 Å². The molecule has 0 saturated carbocycles. The van der Waals surface area contributed by atoms with Gasteiger partial charge in [0.2, 0.25) is 0 Å². The van der Waals surface area contributed by atoms with Crippen LogP contribution in [0.25, 0.3) is 0 Å². The second-order valence-corrected chi connectivity index (χ2v) is 6.77. The molecule has 1 heterocycles. The third-order valence-corrected chi connectivity index (χ3v) is 4.86. The molecule has 126 valence electrons. The summed E-state index contributed by atoms with van der Waals surface area (Å²) >= 11 is 3.27. The maximum absolute atomic E-state index is 13.3. The molecule has 1 N–H and O–H groups in total. The third kappa shape index (κ3) is 3.94. The van der Waals surface area contributed by atoms with Crippen molar-refractivity contribution in [1.29, 1.82) is 0 Å². The topological polar surface area (TPSA) is 35.6 Å². The average molecular weight is 392 g/mol. The molecular formula is C18H19BrFN3O. The maximum atomic E-state index is 13.3. The molecule has 0 aliphatic carbocycles. The fourth-order valence-electron chi connectivity index (χ4n) is 2.69. The minimum atomic E-state index is -0.436. The van der Waals surface area contributed by atoms with Crippen molar-refractivity contribution in [2.75, 3.05) is 43.4 Å². The minimum absolute atomic E-state index is 0.276. The van der Waals surface area contributed by atoms with Gasteiger partial charge in [0, 0.05) is 42.0 Å². The number of amides is 1. The molecule has 1 fully saturated rings. The summed E-state index contributed by atoms with van der Waals surface area (Å²) in [4.78, 5) is 16.9. The summed E-state index contributed by atoms with van der Waals surface area (Å²) < 4.78 is 13.9. The molecule has 0 aromatic heterocycles. The summed E-state index contributed by atoms with van der Waals surface area (Å²) in [5.41, 5.74) is 2.11. The zero-order valence-electron chi connectivity index (χ0n) is 13.4. The second-order valence-electron chi connectivity index (χ2n) is 5.92. The van der Waals surface area contributed by atoms with Gasteiger partial charge < -0.3 is 15.1 Å². The molecule has 2 aromatic rings. The first-order valence-electron chi connectivity index (χ1n) is 7.83. The molecule has 0 spiro atoms. The molecule has 0 radical (unpaired) electrons. The van der Waals surface area contributed by atoms with E-state index < -0.39 is 5.82 Å². The van der Waals surface area contributed by atoms with Gasteiger partial charge in [0.1, 0.15) is 5.82 Å². The molecule has 0 bridgehead atoms. The van der Waals surface area contributed by atoms with Crippen molar-refractivity contribution in [1.82, 2.24) is 4.90 Å². The SMILES string of the molecule is CN1CCN(c2ccc(NC(=O)c3cc(F)ccc3Br)cc2)CC1. The predicted molar refractivity (Wildman–Crippen MR) is 98.2 cm³/mol. The third-order valence-electron chi connectivity index (χ3n) is 4.17. The van der Waals surface area contributed by atoms with E-state index in [-0.39, 0.29) is 11.5 Å². The second kappa shape index (κ2) is 7.32. The maximum Gasteiger partial charge on any atom is 0.256 e. The normalized spacial score (nSPS) is 15.4. The molecule has 1 aliphatic rings. The Morgan fingerprint density at radius 1 is 1.08 bits per heavy atom. The quantitative estimate of drug-likeness (QED) is 0.867. The monoisotopic (exact) mass is 391 g/mol. The van der Waals surface area contributed by atoms with Crippen LogP contribution in [0.5, 0.6) is 0 Å². The first kappa shape index (κ1) is 16.9. The lowest BCUT2D eigenvalue weighted by Gasteiger charge is -2.34. The van der Waals surface area contributed by atoms with Crippen molar-refractivity contribution in [2.24, 2.45) is 0 Å². The first-order valence-corrected chi connectivity index (χ1v) is 8.62. The van der Waals surface area contributed by atoms with Crippen LogP contribution in [0.2, 0.25) is 0 Å². The van der Waals surface area contributed by atoms with Crippen LogP contribution in [0, 0.1) is 5.82 Å². The number of nitrogens with one attached hydrogen (secondary N) is 1. The largest absolute Gasteiger partial charge is 0.369 e. The van der Waals surface area contributed by atoms with Crippen molar-refractivity contribution < 1.29 is 9.18 Å². The molecule has 1 saturated heterocycles. The van der Waals surface area contributed by atoms with Gasteiger partial charge in [-0.15, -0.1) is 0 Å². The molecule has 0 atom stereocenters. The Labute approximate surface area is 149 Å². The Balaban J connectivity index is 1.68. The fourth-order valence-corrected chi connectivity index (χ4v) is 3.12. The Morgan fingerprint density at radius 2 is 1.75 bits per heavy atom. The summed E-state index contributed by atoms with van der Waals surface area (Å²) in [6.07, 6.45) is 0. The van der Waals surface area contributed by atoms with Crippen LogP contribution in [0.1, 0.15) is 10.4 Å². The van der Waals surface area contributed by atoms with E-state index in [1.54, 1.807) is 0 Å². The van der Waals surface area contributed by atoms with Gasteiger partial charge in [-0.2, -0.15) is 0 Å². The minimum Gasteiger partial charge on any atom is -0.369 e. The van der Waals surface area contributed by atoms with E-state index in [9.17, 15) is 9.18 Å². The van der Waals surface area contributed by atoms with E-state index in [2.05, 4.69) is 38.1 Å². The highest BCUT2D eigenvalue weighted by Crippen LogP contribution is 2.22. The molecule has 2 aromatic carbocycles. The summed E-state index contributed by atoms with van der Waals surface area (Å²) in [5.74, 6) is -0.775. The number of benzene rings is 2. The number of rotatable bonds is 3. The standard InChI is InChI=1S/C18H19BrFN3O/c1-22-8-10-23(11-9-22)15-5-3-14(4-6-15)21-18(24)16-12-13(20)2-7-17(16)19/h2-7,12H,8-11H2,1H3,(H,21,24). The highest BCUT2D eigenvalue weighted by atomic mass is 79.9. The Bertz CT molecular complexity index is 728. The molecule has 24 heavy (non-hydrogen) atoms. The van der Waals surface area contributed by atoms with E-state index in [0.717, 1.165) is 31.9 Å². The number of carbonyl (C=O) groups is 1. The van der Waals surface area contributed by atoms with Crippen molar-refractivity contribution in [3.05, 3.63) is 58.3 Å². The zero-order valence-corrected chi connectivity index (χ0v) is 15.0. The van der Waals surface area contributed by atoms with Gasteiger partial charge >= 0.3 is 0 Å². The van der Waals surface area contributed by atoms with Crippen molar-refractivity contribution >= 4 is 33.2 Å². The molecular weight excluding hydrogens is 373 g/mol. The Hall–Kier alpha value is -1.92. The number of piperazine rings is 1. The lowest BCUT2D eigenvalue weighted by Crippen LogP contribution is -2.44. The smallest absolute Gasteiger partial charge is 0.256 e. The molecule has 0 unspecified atom stereocenters. The van der Waals surface area contributed by atoms with E-state index in [1.165, 1.54) is 18.2 Å². The average Bonchev–Trinajstić information content (AvgIpc) is 2.58. The summed E-state index contributed by atoms with van der Waals surface area (Å²) in [5, 5.41) is 2.80. The Kier molecular flexibility index (Phi) is 5.16. The first-order chi connectivity index (χ1) is 11.5.